The number of benzene rings is 2. The average molecular weight is 459 g/mol. The normalized spacial score (nSPS) is 11.6. The van der Waals surface area contributed by atoms with Crippen molar-refractivity contribution in [3.8, 4) is 17.2 Å². The van der Waals surface area contributed by atoms with Gasteiger partial charge in [0.25, 0.3) is 0 Å². The van der Waals surface area contributed by atoms with Gasteiger partial charge in [-0.15, -0.1) is 0 Å². The molecule has 0 N–H and O–H groups in total. The molecule has 1 atom stereocenters. The van der Waals surface area contributed by atoms with E-state index in [-0.39, 0.29) is 12.2 Å². The number of hydrogen-bond acceptors (Lipinski definition) is 5. The summed E-state index contributed by atoms with van der Waals surface area (Å²) in [6.07, 6.45) is 6.70. The van der Waals surface area contributed by atoms with E-state index in [0.29, 0.717) is 24.3 Å². The molecular weight excluding hydrogens is 423 g/mol. The molecule has 0 aliphatic rings. The quantitative estimate of drug-likeness (QED) is 0.162. The van der Waals surface area contributed by atoms with Gasteiger partial charge in [-0.25, -0.2) is 14.0 Å². The highest BCUT2D eigenvalue weighted by molar-refractivity contribution is 5.91. The monoisotopic (exact) mass is 458 g/mol. The van der Waals surface area contributed by atoms with Gasteiger partial charge in [0.15, 0.2) is 6.17 Å². The van der Waals surface area contributed by atoms with Crippen LogP contribution in [0.15, 0.2) is 48.5 Å². The van der Waals surface area contributed by atoms with E-state index in [1.54, 1.807) is 24.3 Å². The Labute approximate surface area is 196 Å². The van der Waals surface area contributed by atoms with Crippen LogP contribution in [0.25, 0.3) is 0 Å². The van der Waals surface area contributed by atoms with Crippen molar-refractivity contribution in [2.75, 3.05) is 6.61 Å². The predicted octanol–water partition coefficient (Wildman–Crippen LogP) is 7.08. The van der Waals surface area contributed by atoms with E-state index < -0.39 is 18.1 Å². The van der Waals surface area contributed by atoms with E-state index >= 15 is 0 Å². The lowest BCUT2D eigenvalue weighted by Crippen LogP contribution is -2.21. The fourth-order valence-electron chi connectivity index (χ4n) is 3.20. The van der Waals surface area contributed by atoms with Crippen LogP contribution in [-0.4, -0.2) is 24.7 Å². The molecular formula is C27H35FO5. The van der Waals surface area contributed by atoms with Crippen molar-refractivity contribution in [3.63, 3.8) is 0 Å². The summed E-state index contributed by atoms with van der Waals surface area (Å²) in [7, 11) is 0. The van der Waals surface area contributed by atoms with E-state index in [4.69, 9.17) is 14.2 Å². The Morgan fingerprint density at radius 1 is 0.727 bits per heavy atom. The molecule has 0 aliphatic carbocycles. The van der Waals surface area contributed by atoms with Crippen molar-refractivity contribution >= 4 is 11.9 Å². The molecule has 0 amide bonds. The van der Waals surface area contributed by atoms with Gasteiger partial charge in [-0.05, 0) is 67.8 Å². The number of carbonyl (C=O) groups excluding carboxylic acids is 2. The third-order valence-electron chi connectivity index (χ3n) is 5.18. The number of ether oxygens (including phenoxy) is 3. The number of esters is 2. The van der Waals surface area contributed by atoms with Gasteiger partial charge in [-0.2, -0.15) is 0 Å². The third-order valence-corrected chi connectivity index (χ3v) is 5.18. The second kappa shape index (κ2) is 15.0. The van der Waals surface area contributed by atoms with Crippen LogP contribution in [0.3, 0.4) is 0 Å². The number of carbonyl (C=O) groups is 2. The van der Waals surface area contributed by atoms with Crippen LogP contribution < -0.4 is 14.2 Å². The van der Waals surface area contributed by atoms with Gasteiger partial charge < -0.3 is 14.2 Å². The number of hydrogen-bond donors (Lipinski definition) is 0. The molecule has 0 heterocycles. The summed E-state index contributed by atoms with van der Waals surface area (Å²) in [5, 5.41) is 0. The van der Waals surface area contributed by atoms with Crippen molar-refractivity contribution in [1.29, 1.82) is 0 Å². The van der Waals surface area contributed by atoms with Crippen molar-refractivity contribution in [1.82, 2.24) is 0 Å². The molecule has 0 saturated carbocycles. The van der Waals surface area contributed by atoms with Gasteiger partial charge in [-0.1, -0.05) is 52.4 Å². The second-order valence-electron chi connectivity index (χ2n) is 8.03. The third kappa shape index (κ3) is 10.1. The van der Waals surface area contributed by atoms with Gasteiger partial charge in [0.1, 0.15) is 17.2 Å². The number of halogens is 1. The fraction of sp³-hybridized carbons (Fsp3) is 0.481. The Bertz CT molecular complexity index is 833. The molecule has 0 fully saturated rings. The van der Waals surface area contributed by atoms with Gasteiger partial charge in [0.2, 0.25) is 0 Å². The minimum Gasteiger partial charge on any atom is -0.494 e. The summed E-state index contributed by atoms with van der Waals surface area (Å²) >= 11 is 0. The van der Waals surface area contributed by atoms with Crippen molar-refractivity contribution < 1.29 is 28.2 Å². The molecule has 0 bridgehead atoms. The van der Waals surface area contributed by atoms with E-state index in [1.165, 1.54) is 37.1 Å². The molecule has 2 aromatic carbocycles. The van der Waals surface area contributed by atoms with Crippen LogP contribution in [0.1, 0.15) is 82.0 Å². The minimum atomic E-state index is -1.64. The first-order valence-corrected chi connectivity index (χ1v) is 11.9. The molecule has 5 nitrogen and oxygen atoms in total. The maximum Gasteiger partial charge on any atom is 0.346 e. The average Bonchev–Trinajstić information content (AvgIpc) is 2.83. The molecule has 2 rings (SSSR count). The number of unbranched alkanes of at least 4 members (excludes halogenated alkanes) is 6. The summed E-state index contributed by atoms with van der Waals surface area (Å²) in [6.45, 7) is 4.91. The molecule has 0 radical (unpaired) electrons. The standard InChI is InChI=1S/C27H35FO5/c1-3-5-7-9-11-25(28)27(30)33-23-14-12-21(13-15-23)26(29)32-24-18-16-22(17-19-24)31-20-10-8-6-4-2/h12-19,25H,3-11,20H2,1-2H3. The zero-order valence-corrected chi connectivity index (χ0v) is 19.7. The second-order valence-corrected chi connectivity index (χ2v) is 8.03. The van der Waals surface area contributed by atoms with Gasteiger partial charge in [0.05, 0.1) is 12.2 Å². The first-order chi connectivity index (χ1) is 16.0. The summed E-state index contributed by atoms with van der Waals surface area (Å²) in [5.74, 6) is -0.130. The van der Waals surface area contributed by atoms with E-state index in [1.807, 2.05) is 0 Å². The van der Waals surface area contributed by atoms with Gasteiger partial charge >= 0.3 is 11.9 Å². The first kappa shape index (κ1) is 26.4. The fourth-order valence-corrected chi connectivity index (χ4v) is 3.20. The Kier molecular flexibility index (Phi) is 12.0. The molecule has 180 valence electrons. The maximum atomic E-state index is 13.9. The highest BCUT2D eigenvalue weighted by Crippen LogP contribution is 2.20. The van der Waals surface area contributed by atoms with Crippen LogP contribution in [0.5, 0.6) is 17.2 Å². The number of rotatable bonds is 15. The van der Waals surface area contributed by atoms with Gasteiger partial charge in [0, 0.05) is 0 Å². The molecule has 2 aromatic rings. The minimum absolute atomic E-state index is 0.159. The molecule has 0 saturated heterocycles. The first-order valence-electron chi connectivity index (χ1n) is 11.9. The van der Waals surface area contributed by atoms with E-state index in [2.05, 4.69) is 13.8 Å². The molecule has 0 aromatic heterocycles. The lowest BCUT2D eigenvalue weighted by atomic mass is 10.1. The Hall–Kier alpha value is -2.89. The van der Waals surface area contributed by atoms with Crippen LogP contribution in [0.4, 0.5) is 4.39 Å². The zero-order valence-electron chi connectivity index (χ0n) is 19.7. The molecule has 33 heavy (non-hydrogen) atoms. The van der Waals surface area contributed by atoms with Crippen molar-refractivity contribution in [2.45, 2.75) is 77.8 Å². The largest absolute Gasteiger partial charge is 0.494 e. The molecule has 6 heteroatoms. The SMILES string of the molecule is CCCCCCOc1ccc(OC(=O)c2ccc(OC(=O)C(F)CCCCCC)cc2)cc1. The van der Waals surface area contributed by atoms with Gasteiger partial charge in [-0.3, -0.25) is 0 Å². The summed E-state index contributed by atoms with van der Waals surface area (Å²) in [5.41, 5.74) is 0.294. The Morgan fingerprint density at radius 2 is 1.27 bits per heavy atom. The van der Waals surface area contributed by atoms with E-state index in [9.17, 15) is 14.0 Å². The number of alkyl halides is 1. The Morgan fingerprint density at radius 3 is 1.91 bits per heavy atom. The van der Waals surface area contributed by atoms with Crippen LogP contribution in [-0.2, 0) is 4.79 Å². The summed E-state index contributed by atoms with van der Waals surface area (Å²) in [4.78, 5) is 24.2. The predicted molar refractivity (Wildman–Crippen MR) is 127 cm³/mol. The topological polar surface area (TPSA) is 61.8 Å². The summed E-state index contributed by atoms with van der Waals surface area (Å²) < 4.78 is 30.1. The van der Waals surface area contributed by atoms with E-state index in [0.717, 1.165) is 37.9 Å². The van der Waals surface area contributed by atoms with Crippen LogP contribution in [0, 0.1) is 0 Å². The molecule has 1 unspecified atom stereocenters. The summed E-state index contributed by atoms with van der Waals surface area (Å²) in [6, 6.07) is 12.7. The zero-order chi connectivity index (χ0) is 23.9. The molecule has 0 aliphatic heterocycles. The Balaban J connectivity index is 1.78. The van der Waals surface area contributed by atoms with Crippen LogP contribution >= 0.6 is 0 Å². The molecule has 0 spiro atoms. The van der Waals surface area contributed by atoms with Crippen LogP contribution in [0.2, 0.25) is 0 Å². The lowest BCUT2D eigenvalue weighted by Gasteiger charge is -2.10. The lowest BCUT2D eigenvalue weighted by molar-refractivity contribution is -0.140. The highest BCUT2D eigenvalue weighted by Gasteiger charge is 2.19. The highest BCUT2D eigenvalue weighted by atomic mass is 19.1. The van der Waals surface area contributed by atoms with Crippen molar-refractivity contribution in [2.24, 2.45) is 0 Å². The maximum absolute atomic E-state index is 13.9. The van der Waals surface area contributed by atoms with Crippen molar-refractivity contribution in [3.05, 3.63) is 54.1 Å². The smallest absolute Gasteiger partial charge is 0.346 e.